The number of hydrogen-bond acceptors (Lipinski definition) is 3. The first kappa shape index (κ1) is 16.4. The summed E-state index contributed by atoms with van der Waals surface area (Å²) < 4.78 is 0. The van der Waals surface area contributed by atoms with E-state index in [4.69, 9.17) is 0 Å². The number of carbonyl (C=O) groups excluding carboxylic acids is 1. The van der Waals surface area contributed by atoms with Gasteiger partial charge in [0, 0.05) is 18.7 Å². The summed E-state index contributed by atoms with van der Waals surface area (Å²) in [7, 11) is 0. The molecule has 126 valence electrons. The Hall–Kier alpha value is -2.43. The number of aromatic nitrogens is 2. The van der Waals surface area contributed by atoms with Gasteiger partial charge in [-0.25, -0.2) is 5.10 Å². The zero-order valence-corrected chi connectivity index (χ0v) is 14.0. The van der Waals surface area contributed by atoms with Gasteiger partial charge >= 0.3 is 0 Å². The zero-order valence-electron chi connectivity index (χ0n) is 14.0. The second-order valence-corrected chi connectivity index (χ2v) is 6.23. The van der Waals surface area contributed by atoms with E-state index in [1.165, 1.54) is 0 Å². The van der Waals surface area contributed by atoms with Crippen LogP contribution in [0.4, 0.5) is 0 Å². The van der Waals surface area contributed by atoms with E-state index in [0.717, 1.165) is 48.1 Å². The summed E-state index contributed by atoms with van der Waals surface area (Å²) in [5.41, 5.74) is 3.57. The standard InChI is InChI=1S/C19H23N3O2/c1-2-22(13-14-8-4-3-5-9-14)18(23)12-17-15-10-6-7-11-16(15)19(24)21-20-17/h3-5,8-9H,2,6-7,10-13H2,1H3,(H,21,24). The van der Waals surface area contributed by atoms with Crippen molar-refractivity contribution in [3.8, 4) is 0 Å². The van der Waals surface area contributed by atoms with Crippen LogP contribution in [0, 0.1) is 0 Å². The fourth-order valence-electron chi connectivity index (χ4n) is 3.31. The molecule has 1 amide bonds. The number of aromatic amines is 1. The van der Waals surface area contributed by atoms with Crippen LogP contribution in [0.25, 0.3) is 0 Å². The Kier molecular flexibility index (Phi) is 5.08. The average Bonchev–Trinajstić information content (AvgIpc) is 2.63. The Labute approximate surface area is 141 Å². The number of carbonyl (C=O) groups is 1. The zero-order chi connectivity index (χ0) is 16.9. The molecule has 1 aromatic heterocycles. The molecule has 0 saturated carbocycles. The largest absolute Gasteiger partial charge is 0.338 e. The highest BCUT2D eigenvalue weighted by Gasteiger charge is 2.21. The summed E-state index contributed by atoms with van der Waals surface area (Å²) in [5.74, 6) is 0.0497. The van der Waals surface area contributed by atoms with Gasteiger partial charge in [-0.15, -0.1) is 0 Å². The van der Waals surface area contributed by atoms with Crippen LogP contribution >= 0.6 is 0 Å². The van der Waals surface area contributed by atoms with Gasteiger partial charge in [-0.05, 0) is 43.7 Å². The first-order valence-electron chi connectivity index (χ1n) is 8.60. The van der Waals surface area contributed by atoms with Crippen molar-refractivity contribution >= 4 is 5.91 Å². The van der Waals surface area contributed by atoms with E-state index in [0.29, 0.717) is 13.1 Å². The summed E-state index contributed by atoms with van der Waals surface area (Å²) in [6.45, 7) is 3.23. The number of nitrogens with one attached hydrogen (secondary N) is 1. The fraction of sp³-hybridized carbons (Fsp3) is 0.421. The van der Waals surface area contributed by atoms with Crippen molar-refractivity contribution in [1.29, 1.82) is 0 Å². The maximum Gasteiger partial charge on any atom is 0.267 e. The molecule has 1 aliphatic carbocycles. The van der Waals surface area contributed by atoms with Crippen molar-refractivity contribution in [1.82, 2.24) is 15.1 Å². The molecule has 24 heavy (non-hydrogen) atoms. The minimum atomic E-state index is -0.0995. The molecule has 1 N–H and O–H groups in total. The van der Waals surface area contributed by atoms with Gasteiger partial charge in [0.2, 0.25) is 5.91 Å². The van der Waals surface area contributed by atoms with Crippen molar-refractivity contribution in [2.24, 2.45) is 0 Å². The lowest BCUT2D eigenvalue weighted by Crippen LogP contribution is -2.33. The van der Waals surface area contributed by atoms with Gasteiger partial charge in [0.25, 0.3) is 5.56 Å². The predicted octanol–water partition coefficient (Wildman–Crippen LogP) is 2.24. The van der Waals surface area contributed by atoms with E-state index >= 15 is 0 Å². The molecule has 1 heterocycles. The molecule has 0 saturated heterocycles. The molecule has 0 radical (unpaired) electrons. The number of benzene rings is 1. The van der Waals surface area contributed by atoms with Crippen molar-refractivity contribution in [2.75, 3.05) is 6.54 Å². The number of hydrogen-bond donors (Lipinski definition) is 1. The van der Waals surface area contributed by atoms with Gasteiger partial charge in [-0.1, -0.05) is 30.3 Å². The number of likely N-dealkylation sites (N-methyl/N-ethyl adjacent to an activating group) is 1. The van der Waals surface area contributed by atoms with Gasteiger partial charge in [-0.3, -0.25) is 9.59 Å². The second-order valence-electron chi connectivity index (χ2n) is 6.23. The molecule has 0 aliphatic heterocycles. The molecular weight excluding hydrogens is 302 g/mol. The Morgan fingerprint density at radius 3 is 2.58 bits per heavy atom. The highest BCUT2D eigenvalue weighted by molar-refractivity contribution is 5.78. The number of rotatable bonds is 5. The van der Waals surface area contributed by atoms with Crippen LogP contribution in [0.1, 0.15) is 42.1 Å². The lowest BCUT2D eigenvalue weighted by molar-refractivity contribution is -0.130. The monoisotopic (exact) mass is 325 g/mol. The normalized spacial score (nSPS) is 13.4. The molecule has 5 heteroatoms. The van der Waals surface area contributed by atoms with Crippen molar-refractivity contribution in [3.05, 3.63) is 63.1 Å². The van der Waals surface area contributed by atoms with E-state index in [-0.39, 0.29) is 17.9 Å². The summed E-state index contributed by atoms with van der Waals surface area (Å²) in [4.78, 5) is 26.5. The smallest absolute Gasteiger partial charge is 0.267 e. The first-order chi connectivity index (χ1) is 11.7. The third-order valence-corrected chi connectivity index (χ3v) is 4.65. The summed E-state index contributed by atoms with van der Waals surface area (Å²) in [6, 6.07) is 9.98. The van der Waals surface area contributed by atoms with E-state index in [1.807, 2.05) is 42.2 Å². The minimum absolute atomic E-state index is 0.0497. The van der Waals surface area contributed by atoms with Gasteiger partial charge in [0.1, 0.15) is 0 Å². The van der Waals surface area contributed by atoms with Crippen molar-refractivity contribution in [2.45, 2.75) is 45.6 Å². The summed E-state index contributed by atoms with van der Waals surface area (Å²) >= 11 is 0. The Morgan fingerprint density at radius 2 is 1.88 bits per heavy atom. The van der Waals surface area contributed by atoms with Crippen LogP contribution in [-0.2, 0) is 30.6 Å². The maximum atomic E-state index is 12.7. The number of H-pyrrole nitrogens is 1. The molecule has 5 nitrogen and oxygen atoms in total. The number of fused-ring (bicyclic) bond motifs is 1. The molecular formula is C19H23N3O2. The molecule has 2 aromatic rings. The highest BCUT2D eigenvalue weighted by Crippen LogP contribution is 2.21. The number of amides is 1. The average molecular weight is 325 g/mol. The molecule has 0 bridgehead atoms. The van der Waals surface area contributed by atoms with Crippen molar-refractivity contribution in [3.63, 3.8) is 0 Å². The van der Waals surface area contributed by atoms with E-state index in [2.05, 4.69) is 10.2 Å². The third kappa shape index (κ3) is 3.55. The third-order valence-electron chi connectivity index (χ3n) is 4.65. The molecule has 0 spiro atoms. The Morgan fingerprint density at radius 1 is 1.17 bits per heavy atom. The quantitative estimate of drug-likeness (QED) is 0.917. The van der Waals surface area contributed by atoms with Crippen LogP contribution in [0.5, 0.6) is 0 Å². The molecule has 0 unspecified atom stereocenters. The second kappa shape index (κ2) is 7.43. The van der Waals surface area contributed by atoms with Crippen LogP contribution in [0.15, 0.2) is 35.1 Å². The first-order valence-corrected chi connectivity index (χ1v) is 8.60. The SMILES string of the molecule is CCN(Cc1ccccc1)C(=O)Cc1n[nH]c(=O)c2c1CCCC2. The fourth-order valence-corrected chi connectivity index (χ4v) is 3.31. The summed E-state index contributed by atoms with van der Waals surface area (Å²) in [5, 5.41) is 6.73. The molecule has 3 rings (SSSR count). The van der Waals surface area contributed by atoms with Crippen LogP contribution in [-0.4, -0.2) is 27.5 Å². The molecule has 1 aromatic carbocycles. The predicted molar refractivity (Wildman–Crippen MR) is 92.7 cm³/mol. The van der Waals surface area contributed by atoms with Crippen molar-refractivity contribution < 1.29 is 4.79 Å². The minimum Gasteiger partial charge on any atom is -0.338 e. The highest BCUT2D eigenvalue weighted by atomic mass is 16.2. The molecule has 0 atom stereocenters. The van der Waals surface area contributed by atoms with Crippen LogP contribution in [0.3, 0.4) is 0 Å². The van der Waals surface area contributed by atoms with E-state index in [1.54, 1.807) is 0 Å². The van der Waals surface area contributed by atoms with E-state index in [9.17, 15) is 9.59 Å². The van der Waals surface area contributed by atoms with Gasteiger partial charge in [0.05, 0.1) is 12.1 Å². The maximum absolute atomic E-state index is 12.7. The lowest BCUT2D eigenvalue weighted by Gasteiger charge is -2.22. The summed E-state index contributed by atoms with van der Waals surface area (Å²) in [6.07, 6.45) is 3.97. The molecule has 0 fully saturated rings. The topological polar surface area (TPSA) is 66.1 Å². The van der Waals surface area contributed by atoms with Crippen LogP contribution < -0.4 is 5.56 Å². The van der Waals surface area contributed by atoms with E-state index < -0.39 is 0 Å². The lowest BCUT2D eigenvalue weighted by atomic mass is 9.91. The molecule has 1 aliphatic rings. The van der Waals surface area contributed by atoms with Gasteiger partial charge in [0.15, 0.2) is 0 Å². The van der Waals surface area contributed by atoms with Gasteiger partial charge in [-0.2, -0.15) is 5.10 Å². The Bertz CT molecular complexity index is 768. The van der Waals surface area contributed by atoms with Crippen LogP contribution in [0.2, 0.25) is 0 Å². The Balaban J connectivity index is 1.77. The van der Waals surface area contributed by atoms with Gasteiger partial charge < -0.3 is 4.90 Å². The number of nitrogens with zero attached hydrogens (tertiary/aromatic N) is 2.